The van der Waals surface area contributed by atoms with Crippen molar-refractivity contribution in [3.8, 4) is 0 Å². The minimum absolute atomic E-state index is 0.119. The van der Waals surface area contributed by atoms with E-state index in [0.717, 1.165) is 51.4 Å². The van der Waals surface area contributed by atoms with Crippen LogP contribution in [0.5, 0.6) is 0 Å². The summed E-state index contributed by atoms with van der Waals surface area (Å²) < 4.78 is 24.5. The first-order valence-corrected chi connectivity index (χ1v) is 18.3. The number of amides is 5. The van der Waals surface area contributed by atoms with Crippen LogP contribution < -0.4 is 21.3 Å². The van der Waals surface area contributed by atoms with Crippen LogP contribution in [0.15, 0.2) is 12.7 Å². The average molecular weight is 638 g/mol. The first kappa shape index (κ1) is 35.5. The Balaban J connectivity index is 1.77. The Hall–Kier alpha value is -2.96. The molecule has 3 fully saturated rings. The summed E-state index contributed by atoms with van der Waals surface area (Å²) in [7, 11) is -3.37. The largest absolute Gasteiger partial charge is 0.346 e. The minimum Gasteiger partial charge on any atom is -0.346 e. The van der Waals surface area contributed by atoms with Crippen molar-refractivity contribution < 1.29 is 32.4 Å². The molecule has 12 nitrogen and oxygen atoms in total. The Morgan fingerprint density at radius 2 is 1.61 bits per heavy atom. The lowest BCUT2D eigenvalue weighted by atomic mass is 9.82. The fourth-order valence-corrected chi connectivity index (χ4v) is 8.38. The molecule has 44 heavy (non-hydrogen) atoms. The van der Waals surface area contributed by atoms with E-state index >= 15 is 0 Å². The van der Waals surface area contributed by atoms with E-state index < -0.39 is 57.1 Å². The van der Waals surface area contributed by atoms with Crippen molar-refractivity contribution in [2.24, 2.45) is 5.92 Å². The van der Waals surface area contributed by atoms with Crippen molar-refractivity contribution in [1.29, 1.82) is 0 Å². The Morgan fingerprint density at radius 1 is 0.955 bits per heavy atom. The third-order valence-corrected chi connectivity index (χ3v) is 10.2. The monoisotopic (exact) mass is 637 g/mol. The van der Waals surface area contributed by atoms with E-state index in [-0.39, 0.29) is 30.5 Å². The van der Waals surface area contributed by atoms with Crippen LogP contribution in [0.2, 0.25) is 0 Å². The van der Waals surface area contributed by atoms with Gasteiger partial charge in [0.2, 0.25) is 17.6 Å². The molecule has 0 aromatic heterocycles. The smallest absolute Gasteiger partial charge is 0.315 e. The topological polar surface area (TPSA) is 171 Å². The molecule has 0 bridgehead atoms. The van der Waals surface area contributed by atoms with E-state index in [1.54, 1.807) is 0 Å². The predicted molar refractivity (Wildman–Crippen MR) is 167 cm³/mol. The molecule has 5 amide bonds. The molecule has 1 saturated heterocycles. The van der Waals surface area contributed by atoms with Gasteiger partial charge in [-0.25, -0.2) is 13.2 Å². The number of nitrogens with zero attached hydrogens (tertiary/aromatic N) is 1. The number of carbonyl (C=O) groups is 5. The molecule has 0 aromatic carbocycles. The zero-order valence-corrected chi connectivity index (χ0v) is 27.1. The number of hydrogen-bond donors (Lipinski definition) is 4. The van der Waals surface area contributed by atoms with Crippen molar-refractivity contribution in [1.82, 2.24) is 26.2 Å². The summed E-state index contributed by atoms with van der Waals surface area (Å²) in [5.74, 6) is -2.68. The highest BCUT2D eigenvalue weighted by Gasteiger charge is 2.43. The van der Waals surface area contributed by atoms with Crippen LogP contribution in [0.25, 0.3) is 0 Å². The molecule has 4 N–H and O–H groups in total. The Bertz CT molecular complexity index is 1160. The van der Waals surface area contributed by atoms with Gasteiger partial charge in [-0.05, 0) is 50.9 Å². The van der Waals surface area contributed by atoms with Crippen LogP contribution in [0.3, 0.4) is 0 Å². The molecule has 13 heteroatoms. The quantitative estimate of drug-likeness (QED) is 0.167. The Morgan fingerprint density at radius 3 is 2.23 bits per heavy atom. The summed E-state index contributed by atoms with van der Waals surface area (Å²) in [5.41, 5.74) is -0.884. The number of ketones is 1. The summed E-state index contributed by atoms with van der Waals surface area (Å²) in [4.78, 5) is 67.7. The summed E-state index contributed by atoms with van der Waals surface area (Å²) in [6.45, 7) is 5.82. The highest BCUT2D eigenvalue weighted by atomic mass is 32.2. The van der Waals surface area contributed by atoms with Gasteiger partial charge in [0.05, 0.1) is 17.3 Å². The van der Waals surface area contributed by atoms with Crippen molar-refractivity contribution in [2.75, 3.05) is 25.1 Å². The fourth-order valence-electron chi connectivity index (χ4n) is 7.02. The summed E-state index contributed by atoms with van der Waals surface area (Å²) in [6.07, 6.45) is 12.5. The molecule has 3 rings (SSSR count). The molecular weight excluding hydrogens is 586 g/mol. The van der Waals surface area contributed by atoms with Gasteiger partial charge in [-0.3, -0.25) is 19.2 Å². The molecule has 0 spiro atoms. The van der Waals surface area contributed by atoms with Crippen LogP contribution in [0.1, 0.15) is 96.8 Å². The molecule has 0 radical (unpaired) electrons. The molecular formula is C31H51N5O7S. The molecule has 2 aliphatic carbocycles. The van der Waals surface area contributed by atoms with Crippen molar-refractivity contribution in [3.63, 3.8) is 0 Å². The molecule has 248 valence electrons. The summed E-state index contributed by atoms with van der Waals surface area (Å²) >= 11 is 0. The van der Waals surface area contributed by atoms with Crippen LogP contribution >= 0.6 is 0 Å². The second kappa shape index (κ2) is 16.4. The standard InChI is InChI=1S/C31H51N5O7S/c1-4-13-23(26(37)28(39)32-19-5-2)33-27(38)24-16-12-20-36(24)29(40)25(22-14-8-6-9-15-22)34-30(41)35-31(21-44(3,42)43)17-10-7-11-18-31/h5,22-25H,2,4,6-21H2,1,3H3,(H,32,39)(H,33,38)(H2,34,35,41)/t23?,24?,25-/m0/s1. The maximum absolute atomic E-state index is 14.1. The van der Waals surface area contributed by atoms with Crippen molar-refractivity contribution in [3.05, 3.63) is 12.7 Å². The number of nitrogens with one attached hydrogen (secondary N) is 4. The van der Waals surface area contributed by atoms with E-state index in [9.17, 15) is 32.4 Å². The second-order valence-corrected chi connectivity index (χ2v) is 14.9. The molecule has 2 unspecified atom stereocenters. The molecule has 2 saturated carbocycles. The SMILES string of the molecule is C=CCNC(=O)C(=O)C(CCC)NC(=O)C1CCCN1C(=O)[C@@H](NC(=O)NC1(CS(C)(=O)=O)CCCCC1)C1CCCCC1. The van der Waals surface area contributed by atoms with E-state index in [2.05, 4.69) is 27.8 Å². The lowest BCUT2D eigenvalue weighted by Gasteiger charge is -2.39. The predicted octanol–water partition coefficient (Wildman–Crippen LogP) is 2.13. The van der Waals surface area contributed by atoms with Crippen LogP contribution in [0, 0.1) is 5.92 Å². The normalized spacial score (nSPS) is 21.9. The third-order valence-electron chi connectivity index (χ3n) is 9.08. The van der Waals surface area contributed by atoms with Crippen LogP contribution in [-0.4, -0.2) is 91.6 Å². The first-order valence-electron chi connectivity index (χ1n) is 16.2. The molecule has 0 aromatic rings. The Kier molecular flexibility index (Phi) is 13.2. The number of likely N-dealkylation sites (tertiary alicyclic amines) is 1. The zero-order valence-electron chi connectivity index (χ0n) is 26.3. The number of rotatable bonds is 14. The van der Waals surface area contributed by atoms with Gasteiger partial charge in [0.25, 0.3) is 5.91 Å². The van der Waals surface area contributed by atoms with Gasteiger partial charge in [0, 0.05) is 19.3 Å². The highest BCUT2D eigenvalue weighted by Crippen LogP contribution is 2.31. The zero-order chi connectivity index (χ0) is 32.3. The summed E-state index contributed by atoms with van der Waals surface area (Å²) in [6, 6.07) is -3.30. The van der Waals surface area contributed by atoms with Gasteiger partial charge < -0.3 is 26.2 Å². The molecule has 1 heterocycles. The van der Waals surface area contributed by atoms with Crippen molar-refractivity contribution >= 4 is 39.4 Å². The van der Waals surface area contributed by atoms with Gasteiger partial charge in [-0.1, -0.05) is 57.9 Å². The van der Waals surface area contributed by atoms with Crippen LogP contribution in [-0.2, 0) is 29.0 Å². The maximum atomic E-state index is 14.1. The van der Waals surface area contributed by atoms with Gasteiger partial charge in [-0.2, -0.15) is 0 Å². The molecule has 3 aliphatic rings. The fraction of sp³-hybridized carbons (Fsp3) is 0.774. The maximum Gasteiger partial charge on any atom is 0.315 e. The number of sulfone groups is 1. The number of urea groups is 1. The van der Waals surface area contributed by atoms with E-state index in [1.165, 1.54) is 17.2 Å². The van der Waals surface area contributed by atoms with Gasteiger partial charge >= 0.3 is 6.03 Å². The van der Waals surface area contributed by atoms with Crippen molar-refractivity contribution in [2.45, 2.75) is 120 Å². The molecule has 3 atom stereocenters. The highest BCUT2D eigenvalue weighted by molar-refractivity contribution is 7.90. The second-order valence-electron chi connectivity index (χ2n) is 12.8. The van der Waals surface area contributed by atoms with E-state index in [1.807, 2.05) is 6.92 Å². The number of hydrogen-bond acceptors (Lipinski definition) is 7. The van der Waals surface area contributed by atoms with E-state index in [0.29, 0.717) is 38.6 Å². The van der Waals surface area contributed by atoms with Gasteiger partial charge in [0.1, 0.15) is 21.9 Å². The average Bonchev–Trinajstić information content (AvgIpc) is 3.48. The summed E-state index contributed by atoms with van der Waals surface area (Å²) in [5, 5.41) is 11.0. The Labute approximate surface area is 261 Å². The van der Waals surface area contributed by atoms with Gasteiger partial charge in [-0.15, -0.1) is 6.58 Å². The third kappa shape index (κ3) is 10.0. The number of Topliss-reactive ketones (excluding diaryl/α,β-unsaturated/α-hetero) is 1. The molecule has 1 aliphatic heterocycles. The van der Waals surface area contributed by atoms with Crippen LogP contribution in [0.4, 0.5) is 4.79 Å². The van der Waals surface area contributed by atoms with E-state index in [4.69, 9.17) is 0 Å². The minimum atomic E-state index is -3.37. The van der Waals surface area contributed by atoms with Gasteiger partial charge in [0.15, 0.2) is 0 Å². The lowest BCUT2D eigenvalue weighted by Crippen LogP contribution is -2.62. The number of carbonyl (C=O) groups excluding carboxylic acids is 5. The lowest BCUT2D eigenvalue weighted by molar-refractivity contribution is -0.143. The first-order chi connectivity index (χ1) is 20.9.